The van der Waals surface area contributed by atoms with Gasteiger partial charge in [-0.1, -0.05) is 38.1 Å². The molecule has 0 unspecified atom stereocenters. The molecule has 0 bridgehead atoms. The molecular formula is C26H25N3O5S. The van der Waals surface area contributed by atoms with Crippen LogP contribution < -0.4 is 14.2 Å². The van der Waals surface area contributed by atoms with E-state index in [1.807, 2.05) is 56.3 Å². The molecule has 3 aromatic heterocycles. The first-order valence-corrected chi connectivity index (χ1v) is 12.0. The zero-order valence-electron chi connectivity index (χ0n) is 19.9. The van der Waals surface area contributed by atoms with E-state index < -0.39 is 0 Å². The highest BCUT2D eigenvalue weighted by Crippen LogP contribution is 2.37. The van der Waals surface area contributed by atoms with Crippen LogP contribution in [0.3, 0.4) is 0 Å². The first kappa shape index (κ1) is 22.9. The van der Waals surface area contributed by atoms with Crippen molar-refractivity contribution in [1.82, 2.24) is 14.6 Å². The highest BCUT2D eigenvalue weighted by atomic mass is 32.1. The maximum atomic E-state index is 12.1. The quantitative estimate of drug-likeness (QED) is 0.266. The molecule has 0 fully saturated rings. The van der Waals surface area contributed by atoms with Crippen molar-refractivity contribution in [2.24, 2.45) is 5.92 Å². The Hall–Kier alpha value is -3.85. The minimum atomic E-state index is 0.0131. The van der Waals surface area contributed by atoms with Crippen molar-refractivity contribution < 1.29 is 23.4 Å². The highest BCUT2D eigenvalue weighted by Gasteiger charge is 2.17. The Morgan fingerprint density at radius 3 is 2.69 bits per heavy atom. The van der Waals surface area contributed by atoms with Crippen LogP contribution in [-0.2, 0) is 17.8 Å². The van der Waals surface area contributed by atoms with Gasteiger partial charge in [0.25, 0.3) is 5.19 Å². The Bertz CT molecular complexity index is 1480. The SMILES string of the molecule is COc1cc(OCc2cccc(CC(=O)C(C)C)c2)c2cc(-c3cn4nc(OC)sc4n3)oc2c1. The van der Waals surface area contributed by atoms with Crippen LogP contribution in [0.15, 0.2) is 53.1 Å². The van der Waals surface area contributed by atoms with Gasteiger partial charge in [0.2, 0.25) is 4.96 Å². The third-order valence-electron chi connectivity index (χ3n) is 5.67. The number of aromatic nitrogens is 3. The molecule has 5 aromatic rings. The Morgan fingerprint density at radius 2 is 1.94 bits per heavy atom. The molecule has 35 heavy (non-hydrogen) atoms. The first-order chi connectivity index (χ1) is 16.9. The van der Waals surface area contributed by atoms with Gasteiger partial charge in [0.1, 0.15) is 35.2 Å². The van der Waals surface area contributed by atoms with Crippen LogP contribution in [0.2, 0.25) is 0 Å². The Kier molecular flexibility index (Phi) is 6.17. The maximum Gasteiger partial charge on any atom is 0.294 e. The first-order valence-electron chi connectivity index (χ1n) is 11.2. The second-order valence-electron chi connectivity index (χ2n) is 8.48. The second-order valence-corrected chi connectivity index (χ2v) is 9.40. The zero-order chi connectivity index (χ0) is 24.5. The van der Waals surface area contributed by atoms with Crippen LogP contribution in [0, 0.1) is 5.92 Å². The van der Waals surface area contributed by atoms with Crippen LogP contribution in [-0.4, -0.2) is 34.6 Å². The molecule has 0 aliphatic rings. The number of hydrogen-bond acceptors (Lipinski definition) is 8. The van der Waals surface area contributed by atoms with Gasteiger partial charge < -0.3 is 18.6 Å². The maximum absolute atomic E-state index is 12.1. The zero-order valence-corrected chi connectivity index (χ0v) is 20.7. The lowest BCUT2D eigenvalue weighted by Gasteiger charge is -2.10. The average Bonchev–Trinajstić information content (AvgIpc) is 3.55. The number of furan rings is 1. The number of ketones is 1. The molecule has 5 rings (SSSR count). The molecule has 0 saturated carbocycles. The number of rotatable bonds is 9. The minimum absolute atomic E-state index is 0.0131. The summed E-state index contributed by atoms with van der Waals surface area (Å²) in [6.07, 6.45) is 2.22. The molecule has 2 aromatic carbocycles. The van der Waals surface area contributed by atoms with Crippen LogP contribution >= 0.6 is 11.3 Å². The number of imidazole rings is 1. The number of fused-ring (bicyclic) bond motifs is 2. The van der Waals surface area contributed by atoms with E-state index in [0.29, 0.717) is 51.7 Å². The van der Waals surface area contributed by atoms with Crippen LogP contribution in [0.5, 0.6) is 16.7 Å². The number of Topliss-reactive ketones (excluding diaryl/α,β-unsaturated/α-hetero) is 1. The van der Waals surface area contributed by atoms with E-state index in [4.69, 9.17) is 18.6 Å². The van der Waals surface area contributed by atoms with Crippen LogP contribution in [0.4, 0.5) is 0 Å². The highest BCUT2D eigenvalue weighted by molar-refractivity contribution is 7.18. The number of benzene rings is 2. The second kappa shape index (κ2) is 9.42. The summed E-state index contributed by atoms with van der Waals surface area (Å²) >= 11 is 1.35. The molecule has 9 heteroatoms. The topological polar surface area (TPSA) is 88.1 Å². The molecular weight excluding hydrogens is 466 g/mol. The van der Waals surface area contributed by atoms with Gasteiger partial charge in [0.05, 0.1) is 25.8 Å². The van der Waals surface area contributed by atoms with Crippen molar-refractivity contribution in [1.29, 1.82) is 0 Å². The third-order valence-corrected chi connectivity index (χ3v) is 6.55. The molecule has 3 heterocycles. The Morgan fingerprint density at radius 1 is 1.11 bits per heavy atom. The fourth-order valence-corrected chi connectivity index (χ4v) is 4.42. The number of carbonyl (C=O) groups excluding carboxylic acids is 1. The minimum Gasteiger partial charge on any atom is -0.496 e. The standard InChI is InChI=1S/C26H25N3O5S/c1-15(2)21(30)9-16-6-5-7-17(8-16)14-33-22-10-18(31-3)11-23-19(22)12-24(34-23)20-13-29-25(27-20)35-26(28-29)32-4/h5-8,10-13,15H,9,14H2,1-4H3. The van der Waals surface area contributed by atoms with Crippen LogP contribution in [0.1, 0.15) is 25.0 Å². The van der Waals surface area contributed by atoms with E-state index in [1.54, 1.807) is 24.9 Å². The van der Waals surface area contributed by atoms with E-state index in [-0.39, 0.29) is 11.7 Å². The monoisotopic (exact) mass is 491 g/mol. The number of methoxy groups -OCH3 is 2. The fourth-order valence-electron chi connectivity index (χ4n) is 3.73. The number of carbonyl (C=O) groups is 1. The summed E-state index contributed by atoms with van der Waals surface area (Å²) in [6.45, 7) is 4.18. The Balaban J connectivity index is 1.42. The van der Waals surface area contributed by atoms with Gasteiger partial charge in [-0.15, -0.1) is 5.10 Å². The average molecular weight is 492 g/mol. The Labute approximate surface area is 206 Å². The van der Waals surface area contributed by atoms with Gasteiger partial charge in [0.15, 0.2) is 5.76 Å². The van der Waals surface area contributed by atoms with Crippen LogP contribution in [0.25, 0.3) is 27.4 Å². The molecule has 8 nitrogen and oxygen atoms in total. The summed E-state index contributed by atoms with van der Waals surface area (Å²) < 4.78 is 24.6. The van der Waals surface area contributed by atoms with Gasteiger partial charge in [0, 0.05) is 24.5 Å². The lowest BCUT2D eigenvalue weighted by atomic mass is 10.00. The van der Waals surface area contributed by atoms with Crippen molar-refractivity contribution in [3.63, 3.8) is 0 Å². The largest absolute Gasteiger partial charge is 0.496 e. The van der Waals surface area contributed by atoms with Crippen molar-refractivity contribution in [2.45, 2.75) is 26.9 Å². The predicted molar refractivity (Wildman–Crippen MR) is 133 cm³/mol. The van der Waals surface area contributed by atoms with E-state index in [0.717, 1.165) is 16.5 Å². The summed E-state index contributed by atoms with van der Waals surface area (Å²) in [4.78, 5) is 17.5. The smallest absolute Gasteiger partial charge is 0.294 e. The van der Waals surface area contributed by atoms with Crippen molar-refractivity contribution in [3.8, 4) is 28.1 Å². The fraction of sp³-hybridized carbons (Fsp3) is 0.269. The van der Waals surface area contributed by atoms with E-state index in [9.17, 15) is 4.79 Å². The van der Waals surface area contributed by atoms with Crippen molar-refractivity contribution in [2.75, 3.05) is 14.2 Å². The van der Waals surface area contributed by atoms with E-state index in [2.05, 4.69) is 10.1 Å². The summed E-state index contributed by atoms with van der Waals surface area (Å²) in [7, 11) is 3.18. The molecule has 0 atom stereocenters. The summed E-state index contributed by atoms with van der Waals surface area (Å²) in [5, 5.41) is 5.67. The number of ether oxygens (including phenoxy) is 3. The molecule has 0 aliphatic carbocycles. The van der Waals surface area contributed by atoms with E-state index >= 15 is 0 Å². The van der Waals surface area contributed by atoms with Gasteiger partial charge in [-0.05, 0) is 28.5 Å². The summed E-state index contributed by atoms with van der Waals surface area (Å²) in [5.74, 6) is 2.10. The molecule has 0 aliphatic heterocycles. The van der Waals surface area contributed by atoms with Gasteiger partial charge in [-0.3, -0.25) is 4.79 Å². The molecule has 0 spiro atoms. The molecule has 0 N–H and O–H groups in total. The van der Waals surface area contributed by atoms with E-state index in [1.165, 1.54) is 11.3 Å². The molecule has 0 saturated heterocycles. The number of nitrogens with zero attached hydrogens (tertiary/aromatic N) is 3. The lowest BCUT2D eigenvalue weighted by molar-refractivity contribution is -0.121. The van der Waals surface area contributed by atoms with Gasteiger partial charge in [-0.2, -0.15) is 0 Å². The van der Waals surface area contributed by atoms with Gasteiger partial charge in [-0.25, -0.2) is 9.50 Å². The summed E-state index contributed by atoms with van der Waals surface area (Å²) in [5.41, 5.74) is 3.26. The molecule has 0 radical (unpaired) electrons. The molecule has 0 amide bonds. The third kappa shape index (κ3) is 4.72. The van der Waals surface area contributed by atoms with Crippen molar-refractivity contribution in [3.05, 3.63) is 59.8 Å². The summed E-state index contributed by atoms with van der Waals surface area (Å²) in [6, 6.07) is 13.5. The van der Waals surface area contributed by atoms with Gasteiger partial charge >= 0.3 is 0 Å². The predicted octanol–water partition coefficient (Wildman–Crippen LogP) is 5.57. The number of hydrogen-bond donors (Lipinski definition) is 0. The lowest BCUT2D eigenvalue weighted by Crippen LogP contribution is -2.10. The normalized spacial score (nSPS) is 11.5. The van der Waals surface area contributed by atoms with Crippen molar-refractivity contribution >= 4 is 33.1 Å². The molecule has 180 valence electrons.